The first-order valence-corrected chi connectivity index (χ1v) is 8.17. The van der Waals surface area contributed by atoms with E-state index in [0.29, 0.717) is 6.04 Å². The Morgan fingerprint density at radius 1 is 1.32 bits per heavy atom. The predicted molar refractivity (Wildman–Crippen MR) is 85.8 cm³/mol. The third-order valence-corrected chi connectivity index (χ3v) is 3.97. The van der Waals surface area contributed by atoms with Crippen molar-refractivity contribution in [3.05, 3.63) is 41.6 Å². The van der Waals surface area contributed by atoms with Gasteiger partial charge in [-0.05, 0) is 50.0 Å². The summed E-state index contributed by atoms with van der Waals surface area (Å²) in [5.74, 6) is 1.21. The van der Waals surface area contributed by atoms with Crippen LogP contribution in [0.25, 0.3) is 10.9 Å². The summed E-state index contributed by atoms with van der Waals surface area (Å²) in [6.07, 6.45) is 3.37. The molecule has 3 heteroatoms. The Labute approximate surface area is 120 Å². The van der Waals surface area contributed by atoms with E-state index in [1.807, 2.05) is 17.8 Å². The van der Waals surface area contributed by atoms with Crippen molar-refractivity contribution in [3.8, 4) is 0 Å². The van der Waals surface area contributed by atoms with E-state index in [9.17, 15) is 0 Å². The largest absolute Gasteiger partial charge is 0.310 e. The maximum absolute atomic E-state index is 4.58. The average molecular weight is 274 g/mol. The Morgan fingerprint density at radius 3 is 2.89 bits per heavy atom. The summed E-state index contributed by atoms with van der Waals surface area (Å²) in [6.45, 7) is 5.24. The molecule has 0 spiro atoms. The molecule has 1 atom stereocenters. The molecule has 0 radical (unpaired) electrons. The minimum absolute atomic E-state index is 0.555. The lowest BCUT2D eigenvalue weighted by Gasteiger charge is -2.14. The van der Waals surface area contributed by atoms with E-state index in [0.717, 1.165) is 17.8 Å². The number of pyridine rings is 1. The van der Waals surface area contributed by atoms with Gasteiger partial charge in [0.15, 0.2) is 0 Å². The Hall–Kier alpha value is -1.06. The third-order valence-electron chi connectivity index (χ3n) is 3.33. The monoisotopic (exact) mass is 274 g/mol. The normalized spacial score (nSPS) is 12.8. The van der Waals surface area contributed by atoms with Crippen molar-refractivity contribution in [3.63, 3.8) is 0 Å². The molecule has 0 aliphatic heterocycles. The van der Waals surface area contributed by atoms with Gasteiger partial charge in [0.1, 0.15) is 0 Å². The Morgan fingerprint density at radius 2 is 2.11 bits per heavy atom. The average Bonchev–Trinajstić information content (AvgIpc) is 2.42. The van der Waals surface area contributed by atoms with E-state index in [1.165, 1.54) is 23.1 Å². The van der Waals surface area contributed by atoms with Crippen molar-refractivity contribution in [1.29, 1.82) is 0 Å². The van der Waals surface area contributed by atoms with Gasteiger partial charge in [0.05, 0.1) is 5.52 Å². The number of thioether (sulfide) groups is 1. The molecule has 1 aromatic carbocycles. The molecule has 2 rings (SSSR count). The molecular formula is C16H22N2S. The first-order valence-electron chi connectivity index (χ1n) is 6.78. The molecule has 0 fully saturated rings. The number of nitrogens with one attached hydrogen (secondary N) is 1. The molecule has 19 heavy (non-hydrogen) atoms. The van der Waals surface area contributed by atoms with Gasteiger partial charge < -0.3 is 5.32 Å². The smallest absolute Gasteiger partial charge is 0.0708 e. The van der Waals surface area contributed by atoms with Crippen LogP contribution in [0.1, 0.15) is 24.6 Å². The zero-order valence-corrected chi connectivity index (χ0v) is 12.8. The van der Waals surface area contributed by atoms with Crippen LogP contribution in [-0.4, -0.2) is 23.0 Å². The van der Waals surface area contributed by atoms with Gasteiger partial charge in [-0.2, -0.15) is 11.8 Å². The van der Waals surface area contributed by atoms with Crippen molar-refractivity contribution in [2.75, 3.05) is 12.0 Å². The van der Waals surface area contributed by atoms with Crippen molar-refractivity contribution >= 4 is 22.7 Å². The van der Waals surface area contributed by atoms with E-state index in [4.69, 9.17) is 0 Å². The Kier molecular flexibility index (Phi) is 5.23. The van der Waals surface area contributed by atoms with Crippen LogP contribution in [0.4, 0.5) is 0 Å². The second-order valence-electron chi connectivity index (χ2n) is 5.00. The highest BCUT2D eigenvalue weighted by molar-refractivity contribution is 7.98. The fourth-order valence-corrected chi connectivity index (χ4v) is 2.81. The van der Waals surface area contributed by atoms with Crippen LogP contribution in [0.15, 0.2) is 30.3 Å². The summed E-state index contributed by atoms with van der Waals surface area (Å²) in [5.41, 5.74) is 3.53. The van der Waals surface area contributed by atoms with E-state index in [1.54, 1.807) is 0 Å². The molecule has 2 aromatic rings. The van der Waals surface area contributed by atoms with E-state index in [2.05, 4.69) is 54.7 Å². The minimum Gasteiger partial charge on any atom is -0.310 e. The molecule has 1 unspecified atom stereocenters. The molecule has 2 nitrogen and oxygen atoms in total. The van der Waals surface area contributed by atoms with Crippen LogP contribution in [-0.2, 0) is 6.54 Å². The van der Waals surface area contributed by atoms with Crippen LogP contribution in [0.3, 0.4) is 0 Å². The number of para-hydroxylation sites is 1. The molecule has 0 amide bonds. The lowest BCUT2D eigenvalue weighted by molar-refractivity contribution is 0.538. The van der Waals surface area contributed by atoms with Gasteiger partial charge in [-0.15, -0.1) is 0 Å². The predicted octanol–water partition coefficient (Wildman–Crippen LogP) is 3.77. The van der Waals surface area contributed by atoms with Crippen molar-refractivity contribution in [1.82, 2.24) is 10.3 Å². The van der Waals surface area contributed by atoms with Crippen LogP contribution in [0.5, 0.6) is 0 Å². The summed E-state index contributed by atoms with van der Waals surface area (Å²) in [7, 11) is 0. The molecule has 0 aliphatic rings. The Bertz CT molecular complexity index is 539. The third kappa shape index (κ3) is 3.95. The number of fused-ring (bicyclic) bond motifs is 1. The quantitative estimate of drug-likeness (QED) is 0.868. The molecule has 102 valence electrons. The van der Waals surface area contributed by atoms with Crippen molar-refractivity contribution in [2.45, 2.75) is 32.9 Å². The van der Waals surface area contributed by atoms with Gasteiger partial charge in [-0.1, -0.05) is 18.2 Å². The summed E-state index contributed by atoms with van der Waals surface area (Å²) < 4.78 is 0. The van der Waals surface area contributed by atoms with Gasteiger partial charge in [-0.25, -0.2) is 0 Å². The summed E-state index contributed by atoms with van der Waals surface area (Å²) in [5, 5.41) is 4.87. The number of rotatable bonds is 6. The van der Waals surface area contributed by atoms with E-state index in [-0.39, 0.29) is 0 Å². The SMILES string of the molecule is CSCCC(C)NCc1cc(C)nc2ccccc12. The lowest BCUT2D eigenvalue weighted by Crippen LogP contribution is -2.26. The van der Waals surface area contributed by atoms with Crippen LogP contribution >= 0.6 is 11.8 Å². The minimum atomic E-state index is 0.555. The molecular weight excluding hydrogens is 252 g/mol. The zero-order chi connectivity index (χ0) is 13.7. The van der Waals surface area contributed by atoms with E-state index < -0.39 is 0 Å². The molecule has 1 heterocycles. The van der Waals surface area contributed by atoms with Gasteiger partial charge >= 0.3 is 0 Å². The molecule has 0 aliphatic carbocycles. The zero-order valence-electron chi connectivity index (χ0n) is 11.9. The topological polar surface area (TPSA) is 24.9 Å². The molecule has 0 saturated heterocycles. The van der Waals surface area contributed by atoms with Crippen molar-refractivity contribution < 1.29 is 0 Å². The number of aryl methyl sites for hydroxylation is 1. The molecule has 1 aromatic heterocycles. The number of benzene rings is 1. The second-order valence-corrected chi connectivity index (χ2v) is 5.99. The maximum Gasteiger partial charge on any atom is 0.0708 e. The first-order chi connectivity index (χ1) is 9.20. The highest BCUT2D eigenvalue weighted by atomic mass is 32.2. The molecule has 0 bridgehead atoms. The van der Waals surface area contributed by atoms with Gasteiger partial charge in [0, 0.05) is 23.7 Å². The summed E-state index contributed by atoms with van der Waals surface area (Å²) >= 11 is 1.91. The number of hydrogen-bond donors (Lipinski definition) is 1. The van der Waals surface area contributed by atoms with Crippen LogP contribution < -0.4 is 5.32 Å². The highest BCUT2D eigenvalue weighted by Gasteiger charge is 2.05. The molecule has 1 N–H and O–H groups in total. The van der Waals surface area contributed by atoms with Gasteiger partial charge in [0.2, 0.25) is 0 Å². The fraction of sp³-hybridized carbons (Fsp3) is 0.438. The fourth-order valence-electron chi connectivity index (χ4n) is 2.22. The summed E-state index contributed by atoms with van der Waals surface area (Å²) in [4.78, 5) is 4.58. The van der Waals surface area contributed by atoms with Crippen molar-refractivity contribution in [2.24, 2.45) is 0 Å². The lowest BCUT2D eigenvalue weighted by atomic mass is 10.1. The van der Waals surface area contributed by atoms with Crippen LogP contribution in [0, 0.1) is 6.92 Å². The second kappa shape index (κ2) is 6.92. The standard InChI is InChI=1S/C16H22N2S/c1-12(8-9-19-3)17-11-14-10-13(2)18-16-7-5-4-6-15(14)16/h4-7,10,12,17H,8-9,11H2,1-3H3. The number of hydrogen-bond acceptors (Lipinski definition) is 3. The molecule has 0 saturated carbocycles. The summed E-state index contributed by atoms with van der Waals surface area (Å²) in [6, 6.07) is 11.1. The van der Waals surface area contributed by atoms with E-state index >= 15 is 0 Å². The number of nitrogens with zero attached hydrogens (tertiary/aromatic N) is 1. The first kappa shape index (κ1) is 14.4. The van der Waals surface area contributed by atoms with Crippen LogP contribution in [0.2, 0.25) is 0 Å². The van der Waals surface area contributed by atoms with Gasteiger partial charge in [-0.3, -0.25) is 4.98 Å². The number of aromatic nitrogens is 1. The highest BCUT2D eigenvalue weighted by Crippen LogP contribution is 2.18. The van der Waals surface area contributed by atoms with Gasteiger partial charge in [0.25, 0.3) is 0 Å². The Balaban J connectivity index is 2.11. The maximum atomic E-state index is 4.58.